The minimum absolute atomic E-state index is 0.0178. The van der Waals surface area contributed by atoms with Crippen LogP contribution in [0.25, 0.3) is 0 Å². The highest BCUT2D eigenvalue weighted by molar-refractivity contribution is 5.43. The fourth-order valence-corrected chi connectivity index (χ4v) is 1.74. The highest BCUT2D eigenvalue weighted by Crippen LogP contribution is 2.29. The van der Waals surface area contributed by atoms with Crippen molar-refractivity contribution in [1.82, 2.24) is 4.98 Å². The van der Waals surface area contributed by atoms with E-state index in [2.05, 4.69) is 23.3 Å². The summed E-state index contributed by atoms with van der Waals surface area (Å²) in [6.45, 7) is 2.89. The molecule has 0 bridgehead atoms. The second-order valence-electron chi connectivity index (χ2n) is 4.24. The van der Waals surface area contributed by atoms with Gasteiger partial charge in [0, 0.05) is 18.3 Å². The van der Waals surface area contributed by atoms with E-state index in [-0.39, 0.29) is 5.54 Å². The van der Waals surface area contributed by atoms with Crippen molar-refractivity contribution < 1.29 is 0 Å². The number of pyridine rings is 1. The van der Waals surface area contributed by atoms with E-state index in [0.717, 1.165) is 25.2 Å². The summed E-state index contributed by atoms with van der Waals surface area (Å²) < 4.78 is 0. The second kappa shape index (κ2) is 3.58. The Morgan fingerprint density at radius 3 is 2.93 bits per heavy atom. The molecular weight excluding hydrogens is 174 g/mol. The van der Waals surface area contributed by atoms with Crippen LogP contribution in [0.3, 0.4) is 0 Å². The van der Waals surface area contributed by atoms with Crippen LogP contribution in [0.15, 0.2) is 18.3 Å². The van der Waals surface area contributed by atoms with Crippen LogP contribution in [0.1, 0.15) is 24.8 Å². The zero-order valence-corrected chi connectivity index (χ0v) is 8.59. The van der Waals surface area contributed by atoms with E-state index in [1.54, 1.807) is 6.20 Å². The number of hydrogen-bond acceptors (Lipinski definition) is 3. The standard InChI is InChI=1S/C11H17N3/c1-9-4-2-7-13-10(9)14-8-11(12)5-3-6-11/h2,4,7H,3,5-6,8,12H2,1H3,(H,13,14). The van der Waals surface area contributed by atoms with E-state index in [4.69, 9.17) is 5.73 Å². The van der Waals surface area contributed by atoms with Crippen molar-refractivity contribution in [1.29, 1.82) is 0 Å². The lowest BCUT2D eigenvalue weighted by molar-refractivity contribution is 0.265. The van der Waals surface area contributed by atoms with E-state index in [1.807, 2.05) is 6.07 Å². The number of nitrogens with one attached hydrogen (secondary N) is 1. The number of anilines is 1. The maximum absolute atomic E-state index is 6.11. The minimum atomic E-state index is 0.0178. The monoisotopic (exact) mass is 191 g/mol. The first-order valence-electron chi connectivity index (χ1n) is 5.14. The van der Waals surface area contributed by atoms with Gasteiger partial charge in [0.15, 0.2) is 0 Å². The molecule has 0 saturated heterocycles. The van der Waals surface area contributed by atoms with Gasteiger partial charge in [-0.2, -0.15) is 0 Å². The highest BCUT2D eigenvalue weighted by Gasteiger charge is 2.32. The van der Waals surface area contributed by atoms with Gasteiger partial charge in [0.1, 0.15) is 5.82 Å². The van der Waals surface area contributed by atoms with Crippen LogP contribution in [0.2, 0.25) is 0 Å². The normalized spacial score (nSPS) is 18.7. The summed E-state index contributed by atoms with van der Waals surface area (Å²) in [6, 6.07) is 4.00. The Morgan fingerprint density at radius 2 is 2.36 bits per heavy atom. The van der Waals surface area contributed by atoms with Crippen molar-refractivity contribution in [2.24, 2.45) is 5.73 Å². The van der Waals surface area contributed by atoms with E-state index in [9.17, 15) is 0 Å². The molecule has 3 N–H and O–H groups in total. The summed E-state index contributed by atoms with van der Waals surface area (Å²) in [6.07, 6.45) is 5.33. The number of nitrogens with two attached hydrogens (primary N) is 1. The molecule has 0 spiro atoms. The number of aryl methyl sites for hydroxylation is 1. The van der Waals surface area contributed by atoms with Gasteiger partial charge in [-0.3, -0.25) is 0 Å². The lowest BCUT2D eigenvalue weighted by Gasteiger charge is -2.38. The summed E-state index contributed by atoms with van der Waals surface area (Å²) in [7, 11) is 0. The lowest BCUT2D eigenvalue weighted by atomic mass is 9.78. The lowest BCUT2D eigenvalue weighted by Crippen LogP contribution is -2.52. The number of nitrogens with zero attached hydrogens (tertiary/aromatic N) is 1. The molecule has 1 aliphatic rings. The van der Waals surface area contributed by atoms with Crippen LogP contribution in [0, 0.1) is 6.92 Å². The SMILES string of the molecule is Cc1cccnc1NCC1(N)CCC1. The summed E-state index contributed by atoms with van der Waals surface area (Å²) >= 11 is 0. The van der Waals surface area contributed by atoms with Gasteiger partial charge in [0.05, 0.1) is 0 Å². The Kier molecular flexibility index (Phi) is 2.42. The van der Waals surface area contributed by atoms with Crippen LogP contribution >= 0.6 is 0 Å². The van der Waals surface area contributed by atoms with E-state index in [1.165, 1.54) is 12.0 Å². The smallest absolute Gasteiger partial charge is 0.128 e. The number of aromatic nitrogens is 1. The van der Waals surface area contributed by atoms with Crippen molar-refractivity contribution in [2.75, 3.05) is 11.9 Å². The maximum atomic E-state index is 6.11. The van der Waals surface area contributed by atoms with Gasteiger partial charge >= 0.3 is 0 Å². The van der Waals surface area contributed by atoms with Gasteiger partial charge in [0.25, 0.3) is 0 Å². The zero-order chi connectivity index (χ0) is 10.0. The van der Waals surface area contributed by atoms with Gasteiger partial charge in [-0.05, 0) is 37.8 Å². The molecule has 76 valence electrons. The summed E-state index contributed by atoms with van der Waals surface area (Å²) in [4.78, 5) is 4.27. The third kappa shape index (κ3) is 1.87. The molecule has 1 heterocycles. The van der Waals surface area contributed by atoms with Crippen LogP contribution < -0.4 is 11.1 Å². The Hall–Kier alpha value is -1.09. The first kappa shape index (κ1) is 9.46. The molecule has 3 heteroatoms. The van der Waals surface area contributed by atoms with Crippen LogP contribution in [-0.4, -0.2) is 17.1 Å². The largest absolute Gasteiger partial charge is 0.368 e. The van der Waals surface area contributed by atoms with E-state index < -0.39 is 0 Å². The van der Waals surface area contributed by atoms with Crippen LogP contribution in [0.5, 0.6) is 0 Å². The fourth-order valence-electron chi connectivity index (χ4n) is 1.74. The molecule has 0 radical (unpaired) electrons. The Balaban J connectivity index is 1.95. The van der Waals surface area contributed by atoms with E-state index in [0.29, 0.717) is 0 Å². The van der Waals surface area contributed by atoms with Crippen molar-refractivity contribution in [3.63, 3.8) is 0 Å². The van der Waals surface area contributed by atoms with Crippen molar-refractivity contribution >= 4 is 5.82 Å². The summed E-state index contributed by atoms with van der Waals surface area (Å²) in [5, 5.41) is 3.32. The molecule has 1 aliphatic carbocycles. The Bertz CT molecular complexity index is 318. The minimum Gasteiger partial charge on any atom is -0.368 e. The zero-order valence-electron chi connectivity index (χ0n) is 8.59. The topological polar surface area (TPSA) is 50.9 Å². The van der Waals surface area contributed by atoms with Gasteiger partial charge in [-0.25, -0.2) is 4.98 Å². The van der Waals surface area contributed by atoms with Gasteiger partial charge < -0.3 is 11.1 Å². The molecule has 0 amide bonds. The number of hydrogen-bond donors (Lipinski definition) is 2. The molecule has 0 aromatic carbocycles. The third-order valence-electron chi connectivity index (χ3n) is 2.97. The van der Waals surface area contributed by atoms with Gasteiger partial charge in [0.2, 0.25) is 0 Å². The predicted molar refractivity (Wildman–Crippen MR) is 58.2 cm³/mol. The van der Waals surface area contributed by atoms with Crippen LogP contribution in [0.4, 0.5) is 5.82 Å². The van der Waals surface area contributed by atoms with Crippen molar-refractivity contribution in [2.45, 2.75) is 31.7 Å². The Morgan fingerprint density at radius 1 is 1.57 bits per heavy atom. The molecule has 3 nitrogen and oxygen atoms in total. The molecular formula is C11H17N3. The summed E-state index contributed by atoms with van der Waals surface area (Å²) in [5.74, 6) is 0.962. The molecule has 2 rings (SSSR count). The maximum Gasteiger partial charge on any atom is 0.128 e. The molecule has 0 atom stereocenters. The average molecular weight is 191 g/mol. The van der Waals surface area contributed by atoms with E-state index >= 15 is 0 Å². The van der Waals surface area contributed by atoms with Crippen molar-refractivity contribution in [3.8, 4) is 0 Å². The highest BCUT2D eigenvalue weighted by atomic mass is 15.0. The average Bonchev–Trinajstić information content (AvgIpc) is 2.14. The molecule has 0 unspecified atom stereocenters. The molecule has 1 saturated carbocycles. The first-order chi connectivity index (χ1) is 6.70. The molecule has 0 aliphatic heterocycles. The summed E-state index contributed by atoms with van der Waals surface area (Å²) in [5.41, 5.74) is 7.30. The molecule has 1 aromatic heterocycles. The quantitative estimate of drug-likeness (QED) is 0.764. The van der Waals surface area contributed by atoms with Crippen LogP contribution in [-0.2, 0) is 0 Å². The third-order valence-corrected chi connectivity index (χ3v) is 2.97. The van der Waals surface area contributed by atoms with Gasteiger partial charge in [-0.1, -0.05) is 6.07 Å². The second-order valence-corrected chi connectivity index (χ2v) is 4.24. The molecule has 1 fully saturated rings. The number of rotatable bonds is 3. The first-order valence-corrected chi connectivity index (χ1v) is 5.14. The predicted octanol–water partition coefficient (Wildman–Crippen LogP) is 1.68. The molecule has 14 heavy (non-hydrogen) atoms. The fraction of sp³-hybridized carbons (Fsp3) is 0.545. The van der Waals surface area contributed by atoms with Crippen molar-refractivity contribution in [3.05, 3.63) is 23.9 Å². The Labute approximate surface area is 84.7 Å². The molecule has 1 aromatic rings. The van der Waals surface area contributed by atoms with Gasteiger partial charge in [-0.15, -0.1) is 0 Å².